The van der Waals surface area contributed by atoms with Crippen LogP contribution in [0.2, 0.25) is 0 Å². The third-order valence-electron chi connectivity index (χ3n) is 9.39. The molecule has 1 fully saturated rings. The van der Waals surface area contributed by atoms with Crippen molar-refractivity contribution in [1.82, 2.24) is 20.2 Å². The Kier molecular flexibility index (Phi) is 10.4. The number of nitroso groups, excluding NO2 is 1. The second kappa shape index (κ2) is 14.9. The number of nitrogens with one attached hydrogen (secondary N) is 1. The Labute approximate surface area is 305 Å². The van der Waals surface area contributed by atoms with Crippen LogP contribution in [-0.2, 0) is 21.4 Å². The van der Waals surface area contributed by atoms with Crippen LogP contribution in [-0.4, -0.2) is 51.8 Å². The summed E-state index contributed by atoms with van der Waals surface area (Å²) >= 11 is 1.39. The van der Waals surface area contributed by atoms with E-state index in [2.05, 4.69) is 41.2 Å². The van der Waals surface area contributed by atoms with Crippen molar-refractivity contribution < 1.29 is 18.8 Å². The van der Waals surface area contributed by atoms with Crippen molar-refractivity contribution in [2.45, 2.75) is 52.5 Å². The van der Waals surface area contributed by atoms with Crippen molar-refractivity contribution in [3.05, 3.63) is 128 Å². The summed E-state index contributed by atoms with van der Waals surface area (Å²) in [6, 6.07) is 21.6. The van der Waals surface area contributed by atoms with Gasteiger partial charge in [0.15, 0.2) is 5.82 Å². The van der Waals surface area contributed by atoms with E-state index >= 15 is 4.39 Å². The van der Waals surface area contributed by atoms with Crippen molar-refractivity contribution in [2.75, 3.05) is 13.1 Å². The van der Waals surface area contributed by atoms with Gasteiger partial charge in [-0.2, -0.15) is 0 Å². The Bertz CT molecular complexity index is 2200. The maximum Gasteiger partial charge on any atom is 0.292 e. The van der Waals surface area contributed by atoms with Gasteiger partial charge in [-0.3, -0.25) is 9.59 Å². The Morgan fingerprint density at radius 2 is 1.58 bits per heavy atom. The second-order valence-electron chi connectivity index (χ2n) is 14.1. The molecule has 2 amide bonds. The van der Waals surface area contributed by atoms with Crippen LogP contribution in [0, 0.1) is 30.5 Å². The Morgan fingerprint density at radius 1 is 0.923 bits per heavy atom. The lowest BCUT2D eigenvalue weighted by atomic mass is 9.94. The molecule has 0 bridgehead atoms. The van der Waals surface area contributed by atoms with E-state index in [4.69, 9.17) is 0 Å². The highest BCUT2D eigenvalue weighted by Gasteiger charge is 2.38. The summed E-state index contributed by atoms with van der Waals surface area (Å²) in [5.41, 5.74) is 6.62. The minimum atomic E-state index is -0.766. The standard InChI is InChI=1S/C41H38FN5O4S/c1-24-6-9-28(16-25(24)2)29-12-13-32(33(42)18-29)30-19-43-38(44-20-30)27-10-7-26(8-11-27)17-34(35(23-48)47-21-31(22-47)39(49)46-51)45-40(50)36-14-15-37(52-36)41(3,4)5/h6-16,18-20,31,34H,17,21-22H2,1-5H3,(H,45,50)/t34-/m0/s1. The van der Waals surface area contributed by atoms with Gasteiger partial charge in [0, 0.05) is 52.2 Å². The number of hydrogen-bond acceptors (Lipinski definition) is 8. The Morgan fingerprint density at radius 3 is 2.17 bits per heavy atom. The maximum absolute atomic E-state index is 15.3. The molecule has 0 saturated carbocycles. The van der Waals surface area contributed by atoms with Crippen molar-refractivity contribution in [3.8, 4) is 33.6 Å². The number of hydrogen-bond donors (Lipinski definition) is 1. The number of thiophene rings is 1. The molecule has 0 radical (unpaired) electrons. The van der Waals surface area contributed by atoms with Gasteiger partial charge < -0.3 is 10.2 Å². The number of amides is 2. The maximum atomic E-state index is 15.3. The van der Waals surface area contributed by atoms with Crippen LogP contribution in [0.1, 0.15) is 52.0 Å². The fourth-order valence-corrected chi connectivity index (χ4v) is 7.03. The topological polar surface area (TPSA) is 122 Å². The third-order valence-corrected chi connectivity index (χ3v) is 10.9. The summed E-state index contributed by atoms with van der Waals surface area (Å²) in [5, 5.41) is 5.51. The first kappa shape index (κ1) is 36.2. The van der Waals surface area contributed by atoms with Crippen LogP contribution in [0.15, 0.2) is 96.1 Å². The molecule has 1 aliphatic rings. The van der Waals surface area contributed by atoms with E-state index in [-0.39, 0.29) is 42.3 Å². The molecule has 52 heavy (non-hydrogen) atoms. The fourth-order valence-electron chi connectivity index (χ4n) is 6.06. The predicted octanol–water partition coefficient (Wildman–Crippen LogP) is 7.87. The number of carbonyl (C=O) groups is 2. The first-order chi connectivity index (χ1) is 24.8. The molecule has 1 N–H and O–H groups in total. The molecule has 0 unspecified atom stereocenters. The molecule has 0 aliphatic carbocycles. The largest absolute Gasteiger partial charge is 0.362 e. The first-order valence-corrected chi connectivity index (χ1v) is 17.7. The van der Waals surface area contributed by atoms with Gasteiger partial charge in [-0.15, -0.1) is 16.2 Å². The van der Waals surface area contributed by atoms with Crippen LogP contribution in [0.3, 0.4) is 0 Å². The zero-order valence-corrected chi connectivity index (χ0v) is 30.4. The lowest BCUT2D eigenvalue weighted by molar-refractivity contribution is -0.125. The molecule has 11 heteroatoms. The van der Waals surface area contributed by atoms with Gasteiger partial charge in [0.1, 0.15) is 17.5 Å². The number of nitrogens with zero attached hydrogens (tertiary/aromatic N) is 4. The van der Waals surface area contributed by atoms with Crippen LogP contribution in [0.25, 0.3) is 33.6 Å². The van der Waals surface area contributed by atoms with E-state index in [1.54, 1.807) is 29.4 Å². The molecular formula is C41H38FN5O4S. The van der Waals surface area contributed by atoms with Gasteiger partial charge in [-0.25, -0.2) is 19.2 Å². The average Bonchev–Trinajstić information content (AvgIpc) is 3.63. The molecule has 5 aromatic rings. The highest BCUT2D eigenvalue weighted by molar-refractivity contribution is 7.14. The van der Waals surface area contributed by atoms with E-state index in [1.807, 2.05) is 74.4 Å². The summed E-state index contributed by atoms with van der Waals surface area (Å²) in [7, 11) is 0. The van der Waals surface area contributed by atoms with Crippen molar-refractivity contribution in [3.63, 3.8) is 0 Å². The number of halogens is 1. The van der Waals surface area contributed by atoms with Crippen LogP contribution in [0.5, 0.6) is 0 Å². The Balaban J connectivity index is 1.18. The smallest absolute Gasteiger partial charge is 0.292 e. The van der Waals surface area contributed by atoms with Crippen LogP contribution in [0.4, 0.5) is 4.39 Å². The Hall–Kier alpha value is -5.64. The average molecular weight is 716 g/mol. The van der Waals surface area contributed by atoms with Crippen molar-refractivity contribution in [1.29, 1.82) is 0 Å². The fraction of sp³-hybridized carbons (Fsp3) is 0.268. The van der Waals surface area contributed by atoms with E-state index < -0.39 is 17.9 Å². The van der Waals surface area contributed by atoms with E-state index in [9.17, 15) is 19.3 Å². The lowest BCUT2D eigenvalue weighted by Crippen LogP contribution is -2.54. The highest BCUT2D eigenvalue weighted by atomic mass is 32.1. The van der Waals surface area contributed by atoms with E-state index in [1.165, 1.54) is 23.0 Å². The molecule has 1 atom stereocenters. The molecule has 9 nitrogen and oxygen atoms in total. The molecule has 3 heterocycles. The molecule has 1 aliphatic heterocycles. The van der Waals surface area contributed by atoms with Gasteiger partial charge in [0.2, 0.25) is 0 Å². The molecular weight excluding hydrogens is 678 g/mol. The monoisotopic (exact) mass is 715 g/mol. The van der Waals surface area contributed by atoms with Gasteiger partial charge in [0.05, 0.1) is 16.8 Å². The summed E-state index contributed by atoms with van der Waals surface area (Å²) < 4.78 is 15.3. The number of likely N-dealkylation sites (tertiary alicyclic amines) is 1. The second-order valence-corrected chi connectivity index (χ2v) is 15.2. The highest BCUT2D eigenvalue weighted by Crippen LogP contribution is 2.32. The van der Waals surface area contributed by atoms with Gasteiger partial charge >= 0.3 is 0 Å². The SMILES string of the molecule is Cc1ccc(-c2ccc(-c3cnc(-c4ccc(C[C@H](NC(=O)c5ccc(C(C)(C)C)s5)C(=C=O)N5CC(C(=O)N=O)C5)cc4)nc3)c(F)c2)cc1C. The summed E-state index contributed by atoms with van der Waals surface area (Å²) in [6.07, 6.45) is 3.45. The zero-order chi connectivity index (χ0) is 37.2. The molecule has 2 aromatic heterocycles. The van der Waals surface area contributed by atoms with Crippen molar-refractivity contribution in [2.24, 2.45) is 11.1 Å². The molecule has 1 saturated heterocycles. The van der Waals surface area contributed by atoms with Crippen molar-refractivity contribution >= 4 is 29.1 Å². The normalized spacial score (nSPS) is 13.5. The number of aryl methyl sites for hydroxylation is 2. The molecule has 0 spiro atoms. The van der Waals surface area contributed by atoms with Gasteiger partial charge in [-0.1, -0.05) is 75.4 Å². The third kappa shape index (κ3) is 7.81. The summed E-state index contributed by atoms with van der Waals surface area (Å²) in [6.45, 7) is 10.6. The summed E-state index contributed by atoms with van der Waals surface area (Å²) in [5.74, 6) is 0.365. The number of carbonyl (C=O) groups excluding carboxylic acids is 3. The van der Waals surface area contributed by atoms with Crippen LogP contribution < -0.4 is 5.32 Å². The minimum Gasteiger partial charge on any atom is -0.362 e. The van der Waals surface area contributed by atoms with Gasteiger partial charge in [0.25, 0.3) is 11.8 Å². The van der Waals surface area contributed by atoms with E-state index in [0.717, 1.165) is 32.7 Å². The number of rotatable bonds is 10. The predicted molar refractivity (Wildman–Crippen MR) is 201 cm³/mol. The molecule has 3 aromatic carbocycles. The van der Waals surface area contributed by atoms with Crippen LogP contribution >= 0.6 is 11.3 Å². The van der Waals surface area contributed by atoms with E-state index in [0.29, 0.717) is 21.8 Å². The molecule has 6 rings (SSSR count). The minimum absolute atomic E-state index is 0.128. The number of aromatic nitrogens is 2. The van der Waals surface area contributed by atoms with Gasteiger partial charge in [-0.05, 0) is 71.7 Å². The zero-order valence-electron chi connectivity index (χ0n) is 29.6. The summed E-state index contributed by atoms with van der Waals surface area (Å²) in [4.78, 5) is 60.5. The quantitative estimate of drug-likeness (QED) is 0.115. The number of benzene rings is 3. The lowest BCUT2D eigenvalue weighted by Gasteiger charge is -2.41. The first-order valence-electron chi connectivity index (χ1n) is 16.9. The molecule has 264 valence electrons.